The molecule has 3 heterocycles. The highest BCUT2D eigenvalue weighted by Crippen LogP contribution is 2.30. The van der Waals surface area contributed by atoms with Gasteiger partial charge in [0.2, 0.25) is 0 Å². The summed E-state index contributed by atoms with van der Waals surface area (Å²) >= 11 is 0. The minimum atomic E-state index is -1.01. The molecule has 35 heavy (non-hydrogen) atoms. The molecule has 4 aromatic rings. The Bertz CT molecular complexity index is 1370. The van der Waals surface area contributed by atoms with Gasteiger partial charge in [0.25, 0.3) is 5.56 Å². The summed E-state index contributed by atoms with van der Waals surface area (Å²) in [6, 6.07) is 16.1. The number of para-hydroxylation sites is 1. The van der Waals surface area contributed by atoms with Gasteiger partial charge in [0, 0.05) is 37.4 Å². The highest BCUT2D eigenvalue weighted by molar-refractivity contribution is 5.92. The maximum absolute atomic E-state index is 12.9. The van der Waals surface area contributed by atoms with Crippen LogP contribution in [0.15, 0.2) is 65.6 Å². The van der Waals surface area contributed by atoms with Crippen molar-refractivity contribution in [3.05, 3.63) is 76.7 Å². The lowest BCUT2D eigenvalue weighted by Crippen LogP contribution is -2.47. The van der Waals surface area contributed by atoms with Crippen LogP contribution >= 0.6 is 12.4 Å². The van der Waals surface area contributed by atoms with Crippen molar-refractivity contribution in [2.75, 3.05) is 37.7 Å². The molecule has 0 radical (unpaired) electrons. The Hall–Kier alpha value is -3.86. The van der Waals surface area contributed by atoms with E-state index in [0.29, 0.717) is 34.8 Å². The number of carboxylic acid groups (broad SMARTS) is 1. The molecule has 0 spiro atoms. The third kappa shape index (κ3) is 5.14. The molecule has 180 valence electrons. The molecule has 0 bridgehead atoms. The van der Waals surface area contributed by atoms with Crippen LogP contribution in [0.5, 0.6) is 0 Å². The van der Waals surface area contributed by atoms with Gasteiger partial charge in [0.1, 0.15) is 10.9 Å². The monoisotopic (exact) mass is 493 g/mol. The van der Waals surface area contributed by atoms with E-state index in [2.05, 4.69) is 25.4 Å². The van der Waals surface area contributed by atoms with E-state index in [1.54, 1.807) is 12.1 Å². The third-order valence-corrected chi connectivity index (χ3v) is 5.76. The van der Waals surface area contributed by atoms with Crippen LogP contribution in [0.3, 0.4) is 0 Å². The fourth-order valence-electron chi connectivity index (χ4n) is 4.00. The highest BCUT2D eigenvalue weighted by atomic mass is 35.5. The predicted octanol–water partition coefficient (Wildman–Crippen LogP) is 2.50. The van der Waals surface area contributed by atoms with Crippen molar-refractivity contribution >= 4 is 40.8 Å². The summed E-state index contributed by atoms with van der Waals surface area (Å²) in [6.45, 7) is 4.05. The Labute approximate surface area is 207 Å². The van der Waals surface area contributed by atoms with Crippen LogP contribution in [0, 0.1) is 0 Å². The van der Waals surface area contributed by atoms with E-state index >= 15 is 0 Å². The summed E-state index contributed by atoms with van der Waals surface area (Å²) in [7, 11) is 0. The fraction of sp³-hybridized carbons (Fsp3) is 0.208. The number of H-pyrrole nitrogens is 1. The standard InChI is InChI=1S/C24H23N7O3.ClH/c32-23-20-19(14-26-29-23)27-21(16-6-8-17(9-7-16)24(33)34)28-22(20)31(18-4-2-1-3-5-18)15-30-12-10-25-11-13-30;/h1-9,14,25H,10-13,15H2,(H,29,32)(H,33,34);1H. The first-order valence-electron chi connectivity index (χ1n) is 10.9. The second kappa shape index (κ2) is 10.6. The molecule has 0 amide bonds. The van der Waals surface area contributed by atoms with Crippen molar-refractivity contribution < 1.29 is 9.90 Å². The number of fused-ring (bicyclic) bond motifs is 1. The molecule has 2 aromatic heterocycles. The zero-order valence-electron chi connectivity index (χ0n) is 18.7. The number of rotatable bonds is 6. The highest BCUT2D eigenvalue weighted by Gasteiger charge is 2.23. The molecule has 0 atom stereocenters. The molecule has 0 unspecified atom stereocenters. The Morgan fingerprint density at radius 1 is 1.03 bits per heavy atom. The number of halogens is 1. The average Bonchev–Trinajstić information content (AvgIpc) is 2.88. The van der Waals surface area contributed by atoms with Gasteiger partial charge in [-0.05, 0) is 24.3 Å². The molecule has 0 saturated carbocycles. The smallest absolute Gasteiger partial charge is 0.335 e. The van der Waals surface area contributed by atoms with Crippen LogP contribution in [0.4, 0.5) is 11.5 Å². The molecule has 3 N–H and O–H groups in total. The number of aromatic carboxylic acids is 1. The predicted molar refractivity (Wildman–Crippen MR) is 135 cm³/mol. The maximum atomic E-state index is 12.9. The second-order valence-corrected chi connectivity index (χ2v) is 7.99. The number of hydrogen-bond acceptors (Lipinski definition) is 8. The van der Waals surface area contributed by atoms with E-state index in [4.69, 9.17) is 4.98 Å². The zero-order chi connectivity index (χ0) is 23.5. The van der Waals surface area contributed by atoms with Crippen molar-refractivity contribution in [3.63, 3.8) is 0 Å². The molecule has 5 rings (SSSR count). The lowest BCUT2D eigenvalue weighted by Gasteiger charge is -2.34. The lowest BCUT2D eigenvalue weighted by molar-refractivity contribution is 0.0697. The SMILES string of the molecule is Cl.O=C(O)c1ccc(-c2nc(N(CN3CCNCC3)c3ccccc3)c3c(=O)[nH]ncc3n2)cc1. The summed E-state index contributed by atoms with van der Waals surface area (Å²) < 4.78 is 0. The van der Waals surface area contributed by atoms with Crippen molar-refractivity contribution in [2.24, 2.45) is 0 Å². The lowest BCUT2D eigenvalue weighted by atomic mass is 10.1. The maximum Gasteiger partial charge on any atom is 0.335 e. The van der Waals surface area contributed by atoms with Gasteiger partial charge in [-0.15, -0.1) is 12.4 Å². The number of benzene rings is 2. The van der Waals surface area contributed by atoms with Crippen LogP contribution < -0.4 is 15.8 Å². The molecule has 1 fully saturated rings. The van der Waals surface area contributed by atoms with Gasteiger partial charge >= 0.3 is 5.97 Å². The number of nitrogens with zero attached hydrogens (tertiary/aromatic N) is 5. The van der Waals surface area contributed by atoms with Gasteiger partial charge in [-0.3, -0.25) is 9.69 Å². The molecule has 2 aromatic carbocycles. The van der Waals surface area contributed by atoms with Gasteiger partial charge < -0.3 is 15.3 Å². The minimum Gasteiger partial charge on any atom is -0.478 e. The first-order chi connectivity index (χ1) is 16.6. The first-order valence-corrected chi connectivity index (χ1v) is 10.9. The Kier molecular flexibility index (Phi) is 7.35. The van der Waals surface area contributed by atoms with E-state index < -0.39 is 5.97 Å². The fourth-order valence-corrected chi connectivity index (χ4v) is 4.00. The Morgan fingerprint density at radius 2 is 1.74 bits per heavy atom. The summed E-state index contributed by atoms with van der Waals surface area (Å²) in [5.74, 6) is -0.155. The third-order valence-electron chi connectivity index (χ3n) is 5.76. The minimum absolute atomic E-state index is 0. The van der Waals surface area contributed by atoms with Gasteiger partial charge in [-0.1, -0.05) is 30.3 Å². The van der Waals surface area contributed by atoms with Gasteiger partial charge in [-0.25, -0.2) is 19.9 Å². The van der Waals surface area contributed by atoms with Crippen molar-refractivity contribution in [3.8, 4) is 11.4 Å². The Morgan fingerprint density at radius 3 is 2.43 bits per heavy atom. The largest absolute Gasteiger partial charge is 0.478 e. The Balaban J connectivity index is 0.00000289. The zero-order valence-corrected chi connectivity index (χ0v) is 19.5. The van der Waals surface area contributed by atoms with Crippen LogP contribution in [-0.2, 0) is 0 Å². The first kappa shape index (κ1) is 24.3. The topological polar surface area (TPSA) is 127 Å². The number of hydrogen-bond donors (Lipinski definition) is 3. The summed E-state index contributed by atoms with van der Waals surface area (Å²) in [4.78, 5) is 37.9. The number of aromatic nitrogens is 4. The van der Waals surface area contributed by atoms with Crippen LogP contribution in [0.1, 0.15) is 10.4 Å². The molecular formula is C24H24ClN7O3. The molecule has 10 nitrogen and oxygen atoms in total. The van der Waals surface area contributed by atoms with Gasteiger partial charge in [-0.2, -0.15) is 5.10 Å². The second-order valence-electron chi connectivity index (χ2n) is 7.99. The number of anilines is 2. The van der Waals surface area contributed by atoms with Crippen LogP contribution in [-0.4, -0.2) is 69.0 Å². The molecular weight excluding hydrogens is 470 g/mol. The summed E-state index contributed by atoms with van der Waals surface area (Å²) in [5, 5.41) is 19.4. The summed E-state index contributed by atoms with van der Waals surface area (Å²) in [5.41, 5.74) is 1.74. The quantitative estimate of drug-likeness (QED) is 0.371. The van der Waals surface area contributed by atoms with E-state index in [0.717, 1.165) is 31.9 Å². The summed E-state index contributed by atoms with van der Waals surface area (Å²) in [6.07, 6.45) is 1.50. The van der Waals surface area contributed by atoms with Gasteiger partial charge in [0.05, 0.1) is 18.4 Å². The van der Waals surface area contributed by atoms with E-state index in [1.165, 1.54) is 18.3 Å². The van der Waals surface area contributed by atoms with Crippen molar-refractivity contribution in [1.29, 1.82) is 0 Å². The van der Waals surface area contributed by atoms with Crippen LogP contribution in [0.2, 0.25) is 0 Å². The number of carbonyl (C=O) groups is 1. The number of aromatic amines is 1. The van der Waals surface area contributed by atoms with E-state index in [-0.39, 0.29) is 23.5 Å². The average molecular weight is 494 g/mol. The van der Waals surface area contributed by atoms with E-state index in [1.807, 2.05) is 35.2 Å². The number of nitrogens with one attached hydrogen (secondary N) is 2. The normalized spacial score (nSPS) is 13.8. The van der Waals surface area contributed by atoms with Gasteiger partial charge in [0.15, 0.2) is 11.6 Å². The molecule has 11 heteroatoms. The van der Waals surface area contributed by atoms with Crippen molar-refractivity contribution in [2.45, 2.75) is 0 Å². The molecule has 0 aliphatic carbocycles. The number of carboxylic acids is 1. The molecule has 1 saturated heterocycles. The van der Waals surface area contributed by atoms with Crippen LogP contribution in [0.25, 0.3) is 22.3 Å². The number of piperazine rings is 1. The van der Waals surface area contributed by atoms with Crippen molar-refractivity contribution in [1.82, 2.24) is 30.4 Å². The molecule has 1 aliphatic heterocycles. The molecule has 1 aliphatic rings. The van der Waals surface area contributed by atoms with E-state index in [9.17, 15) is 14.7 Å².